The van der Waals surface area contributed by atoms with Crippen molar-refractivity contribution in [1.29, 1.82) is 0 Å². The highest BCUT2D eigenvalue weighted by molar-refractivity contribution is 5.82. The van der Waals surface area contributed by atoms with Gasteiger partial charge in [-0.1, -0.05) is 0 Å². The van der Waals surface area contributed by atoms with Gasteiger partial charge >= 0.3 is 5.97 Å². The molecule has 8 heteroatoms. The lowest BCUT2D eigenvalue weighted by molar-refractivity contribution is -0.142. The second-order valence-corrected chi connectivity index (χ2v) is 4.29. The Balaban J connectivity index is 1.84. The Hall–Kier alpha value is -2.25. The number of carboxylic acid groups (broad SMARTS) is 1. The molecule has 0 unspecified atom stereocenters. The molecule has 0 aromatic carbocycles. The number of H-pyrrole nitrogens is 1. The molecule has 18 heavy (non-hydrogen) atoms. The van der Waals surface area contributed by atoms with Crippen molar-refractivity contribution in [1.82, 2.24) is 25.4 Å². The van der Waals surface area contributed by atoms with Crippen molar-refractivity contribution in [2.45, 2.75) is 12.8 Å². The van der Waals surface area contributed by atoms with Crippen LogP contribution in [0.5, 0.6) is 0 Å². The zero-order valence-corrected chi connectivity index (χ0v) is 9.57. The van der Waals surface area contributed by atoms with Gasteiger partial charge in [0.15, 0.2) is 11.3 Å². The van der Waals surface area contributed by atoms with E-state index in [4.69, 9.17) is 5.11 Å². The Morgan fingerprint density at radius 1 is 1.33 bits per heavy atom. The first-order chi connectivity index (χ1) is 8.75. The number of anilines is 1. The van der Waals surface area contributed by atoms with Gasteiger partial charge < -0.3 is 10.0 Å². The van der Waals surface area contributed by atoms with Crippen molar-refractivity contribution in [2.24, 2.45) is 5.92 Å². The second kappa shape index (κ2) is 4.21. The van der Waals surface area contributed by atoms with E-state index in [0.717, 1.165) is 5.82 Å². The van der Waals surface area contributed by atoms with Crippen LogP contribution < -0.4 is 4.90 Å². The summed E-state index contributed by atoms with van der Waals surface area (Å²) in [5.74, 6) is -0.252. The van der Waals surface area contributed by atoms with Crippen LogP contribution in [-0.2, 0) is 4.79 Å². The molecule has 94 valence electrons. The molecule has 0 saturated carbocycles. The molecule has 1 aliphatic rings. The molecular weight excluding hydrogens is 236 g/mol. The maximum Gasteiger partial charge on any atom is 0.306 e. The van der Waals surface area contributed by atoms with E-state index in [1.165, 1.54) is 6.33 Å². The molecule has 2 aromatic heterocycles. The number of piperidine rings is 1. The zero-order chi connectivity index (χ0) is 12.5. The number of hydrogen-bond acceptors (Lipinski definition) is 6. The summed E-state index contributed by atoms with van der Waals surface area (Å²) in [5, 5.41) is 19.4. The van der Waals surface area contributed by atoms with Crippen LogP contribution in [0.4, 0.5) is 5.82 Å². The van der Waals surface area contributed by atoms with E-state index in [9.17, 15) is 4.79 Å². The second-order valence-electron chi connectivity index (χ2n) is 4.29. The number of aliphatic carboxylic acids is 1. The predicted molar refractivity (Wildman–Crippen MR) is 62.1 cm³/mol. The number of nitrogens with one attached hydrogen (secondary N) is 1. The van der Waals surface area contributed by atoms with Crippen molar-refractivity contribution in [3.8, 4) is 0 Å². The zero-order valence-electron chi connectivity index (χ0n) is 9.57. The SMILES string of the molecule is O=C(O)C1CCN(c2ncnc3n[nH]nc23)CC1. The number of rotatable bonds is 2. The van der Waals surface area contributed by atoms with Crippen molar-refractivity contribution >= 4 is 23.0 Å². The van der Waals surface area contributed by atoms with E-state index in [2.05, 4.69) is 25.4 Å². The Bertz CT molecular complexity index is 575. The van der Waals surface area contributed by atoms with E-state index in [0.29, 0.717) is 37.1 Å². The average Bonchev–Trinajstić information content (AvgIpc) is 2.87. The Morgan fingerprint density at radius 2 is 2.11 bits per heavy atom. The van der Waals surface area contributed by atoms with Crippen LogP contribution in [0.2, 0.25) is 0 Å². The average molecular weight is 248 g/mol. The first kappa shape index (κ1) is 10.9. The molecule has 0 aliphatic carbocycles. The van der Waals surface area contributed by atoms with E-state index in [1.54, 1.807) is 0 Å². The molecule has 8 nitrogen and oxygen atoms in total. The fourth-order valence-corrected chi connectivity index (χ4v) is 2.23. The fraction of sp³-hybridized carbons (Fsp3) is 0.500. The lowest BCUT2D eigenvalue weighted by Crippen LogP contribution is -2.36. The normalized spacial score (nSPS) is 17.2. The molecule has 0 spiro atoms. The lowest BCUT2D eigenvalue weighted by Gasteiger charge is -2.30. The summed E-state index contributed by atoms with van der Waals surface area (Å²) in [5.41, 5.74) is 1.16. The van der Waals surface area contributed by atoms with Gasteiger partial charge in [-0.2, -0.15) is 10.3 Å². The van der Waals surface area contributed by atoms with Crippen molar-refractivity contribution in [3.05, 3.63) is 6.33 Å². The summed E-state index contributed by atoms with van der Waals surface area (Å²) in [6.45, 7) is 1.33. The first-order valence-electron chi connectivity index (χ1n) is 5.75. The van der Waals surface area contributed by atoms with Gasteiger partial charge in [0.05, 0.1) is 5.92 Å². The molecule has 3 rings (SSSR count). The van der Waals surface area contributed by atoms with Gasteiger partial charge in [0, 0.05) is 13.1 Å². The van der Waals surface area contributed by atoms with E-state index >= 15 is 0 Å². The van der Waals surface area contributed by atoms with Gasteiger partial charge in [-0.25, -0.2) is 9.97 Å². The number of carbonyl (C=O) groups is 1. The molecule has 3 heterocycles. The molecule has 0 radical (unpaired) electrons. The van der Waals surface area contributed by atoms with Gasteiger partial charge in [-0.05, 0) is 12.8 Å². The van der Waals surface area contributed by atoms with Gasteiger partial charge in [0.1, 0.15) is 6.33 Å². The molecule has 1 fully saturated rings. The number of fused-ring (bicyclic) bond motifs is 1. The minimum atomic E-state index is -0.719. The van der Waals surface area contributed by atoms with Gasteiger partial charge in [-0.15, -0.1) is 5.10 Å². The third kappa shape index (κ3) is 1.75. The highest BCUT2D eigenvalue weighted by atomic mass is 16.4. The summed E-state index contributed by atoms with van der Waals surface area (Å²) >= 11 is 0. The van der Waals surface area contributed by atoms with Crippen molar-refractivity contribution in [3.63, 3.8) is 0 Å². The summed E-state index contributed by atoms with van der Waals surface area (Å²) in [7, 11) is 0. The third-order valence-corrected chi connectivity index (χ3v) is 3.25. The van der Waals surface area contributed by atoms with E-state index < -0.39 is 5.97 Å². The van der Waals surface area contributed by atoms with Crippen molar-refractivity contribution < 1.29 is 9.90 Å². The summed E-state index contributed by atoms with van der Waals surface area (Å²) in [4.78, 5) is 21.2. The molecule has 2 aromatic rings. The summed E-state index contributed by atoms with van der Waals surface area (Å²) < 4.78 is 0. The number of aromatic amines is 1. The maximum absolute atomic E-state index is 10.9. The number of aromatic nitrogens is 5. The van der Waals surface area contributed by atoms with Crippen LogP contribution in [0.25, 0.3) is 11.2 Å². The predicted octanol–water partition coefficient (Wildman–Crippen LogP) is 0.0489. The van der Waals surface area contributed by atoms with Gasteiger partial charge in [0.25, 0.3) is 0 Å². The molecule has 1 aliphatic heterocycles. The van der Waals surface area contributed by atoms with Crippen molar-refractivity contribution in [2.75, 3.05) is 18.0 Å². The third-order valence-electron chi connectivity index (χ3n) is 3.25. The van der Waals surface area contributed by atoms with Crippen LogP contribution in [0, 0.1) is 5.92 Å². The monoisotopic (exact) mass is 248 g/mol. The summed E-state index contributed by atoms with van der Waals surface area (Å²) in [6, 6.07) is 0. The topological polar surface area (TPSA) is 108 Å². The van der Waals surface area contributed by atoms with Crippen LogP contribution in [0.1, 0.15) is 12.8 Å². The quantitative estimate of drug-likeness (QED) is 0.772. The van der Waals surface area contributed by atoms with Gasteiger partial charge in [-0.3, -0.25) is 4.79 Å². The number of carboxylic acids is 1. The van der Waals surface area contributed by atoms with Crippen LogP contribution in [-0.4, -0.2) is 49.5 Å². The molecule has 2 N–H and O–H groups in total. The largest absolute Gasteiger partial charge is 0.481 e. The maximum atomic E-state index is 10.9. The smallest absolute Gasteiger partial charge is 0.306 e. The van der Waals surface area contributed by atoms with E-state index in [-0.39, 0.29) is 5.92 Å². The first-order valence-corrected chi connectivity index (χ1v) is 5.75. The van der Waals surface area contributed by atoms with Crippen LogP contribution in [0.15, 0.2) is 6.33 Å². The lowest BCUT2D eigenvalue weighted by atomic mass is 9.97. The highest BCUT2D eigenvalue weighted by Gasteiger charge is 2.26. The highest BCUT2D eigenvalue weighted by Crippen LogP contribution is 2.25. The molecule has 1 saturated heterocycles. The molecule has 0 amide bonds. The number of hydrogen-bond donors (Lipinski definition) is 2. The summed E-state index contributed by atoms with van der Waals surface area (Å²) in [6.07, 6.45) is 2.70. The Kier molecular flexibility index (Phi) is 2.54. The fourth-order valence-electron chi connectivity index (χ4n) is 2.23. The van der Waals surface area contributed by atoms with Crippen LogP contribution >= 0.6 is 0 Å². The molecule has 0 bridgehead atoms. The van der Waals surface area contributed by atoms with Crippen LogP contribution in [0.3, 0.4) is 0 Å². The Morgan fingerprint density at radius 3 is 2.83 bits per heavy atom. The minimum Gasteiger partial charge on any atom is -0.481 e. The number of nitrogens with zero attached hydrogens (tertiary/aromatic N) is 5. The van der Waals surface area contributed by atoms with E-state index in [1.807, 2.05) is 4.90 Å². The Labute approximate surface area is 102 Å². The molecular formula is C10H12N6O2. The minimum absolute atomic E-state index is 0.254. The standard InChI is InChI=1S/C10H12N6O2/c17-10(18)6-1-3-16(4-2-6)9-7-8(11-5-12-9)14-15-13-7/h5-6H,1-4H2,(H,17,18)(H,11,12,13,14,15). The van der Waals surface area contributed by atoms with Gasteiger partial charge in [0.2, 0.25) is 5.65 Å². The molecule has 0 atom stereocenters.